The Morgan fingerprint density at radius 3 is 2.91 bits per heavy atom. The van der Waals surface area contributed by atoms with Crippen molar-refractivity contribution in [2.45, 2.75) is 12.5 Å². The van der Waals surface area contributed by atoms with E-state index < -0.39 is 0 Å². The van der Waals surface area contributed by atoms with Gasteiger partial charge in [0.2, 0.25) is 0 Å². The summed E-state index contributed by atoms with van der Waals surface area (Å²) in [4.78, 5) is 29.3. The zero-order chi connectivity index (χ0) is 15.4. The second-order valence-corrected chi connectivity index (χ2v) is 5.85. The van der Waals surface area contributed by atoms with Gasteiger partial charge in [-0.25, -0.2) is 0 Å². The maximum Gasteiger partial charge on any atom is 0.320 e. The molecule has 0 radical (unpaired) electrons. The van der Waals surface area contributed by atoms with E-state index in [-0.39, 0.29) is 11.8 Å². The highest BCUT2D eigenvalue weighted by molar-refractivity contribution is 5.78. The van der Waals surface area contributed by atoms with E-state index in [1.807, 2.05) is 6.07 Å². The molecule has 1 N–H and O–H groups in total. The zero-order valence-electron chi connectivity index (χ0n) is 12.5. The van der Waals surface area contributed by atoms with Gasteiger partial charge in [-0.1, -0.05) is 30.3 Å². The van der Waals surface area contributed by atoms with Gasteiger partial charge in [0, 0.05) is 44.6 Å². The van der Waals surface area contributed by atoms with E-state index in [1.165, 1.54) is 10.6 Å². The third kappa shape index (κ3) is 3.28. The normalized spacial score (nSPS) is 26.2. The lowest BCUT2D eigenvalue weighted by atomic mass is 10.0. The van der Waals surface area contributed by atoms with Crippen LogP contribution in [-0.4, -0.2) is 55.1 Å². The van der Waals surface area contributed by atoms with Gasteiger partial charge in [0.15, 0.2) is 0 Å². The van der Waals surface area contributed by atoms with Crippen LogP contribution in [0.5, 0.6) is 0 Å². The number of rotatable bonds is 5. The zero-order valence-corrected chi connectivity index (χ0v) is 12.5. The van der Waals surface area contributed by atoms with Crippen molar-refractivity contribution in [2.24, 2.45) is 5.92 Å². The molecule has 6 nitrogen and oxygen atoms in total. The molecule has 2 aliphatic heterocycles. The van der Waals surface area contributed by atoms with Gasteiger partial charge in [-0.2, -0.15) is 5.06 Å². The highest BCUT2D eigenvalue weighted by atomic mass is 16.7. The molecule has 1 amide bonds. The average Bonchev–Trinajstić information content (AvgIpc) is 2.89. The number of benzene rings is 1. The lowest BCUT2D eigenvalue weighted by molar-refractivity contribution is -0.181. The lowest BCUT2D eigenvalue weighted by Gasteiger charge is -2.37. The van der Waals surface area contributed by atoms with Crippen molar-refractivity contribution < 1.29 is 14.4 Å². The first-order chi connectivity index (χ1) is 10.8. The fourth-order valence-corrected chi connectivity index (χ4v) is 3.33. The molecule has 0 aromatic heterocycles. The molecule has 2 unspecified atom stereocenters. The number of carbonyl (C=O) groups is 2. The second-order valence-electron chi connectivity index (χ2n) is 5.85. The minimum absolute atomic E-state index is 0.108. The number of hydrogen-bond acceptors (Lipinski definition) is 5. The quantitative estimate of drug-likeness (QED) is 0.806. The highest BCUT2D eigenvalue weighted by Crippen LogP contribution is 2.26. The summed E-state index contributed by atoms with van der Waals surface area (Å²) in [7, 11) is 0. The van der Waals surface area contributed by atoms with Crippen LogP contribution < -0.4 is 5.32 Å². The molecule has 3 rings (SSSR count). The van der Waals surface area contributed by atoms with Crippen LogP contribution in [0.2, 0.25) is 0 Å². The molecular weight excluding hydrogens is 282 g/mol. The lowest BCUT2D eigenvalue weighted by Crippen LogP contribution is -2.47. The predicted octanol–water partition coefficient (Wildman–Crippen LogP) is 0.569. The summed E-state index contributed by atoms with van der Waals surface area (Å²) in [5.74, 6) is 0.0975. The topological polar surface area (TPSA) is 61.9 Å². The molecule has 2 atom stereocenters. The van der Waals surface area contributed by atoms with E-state index in [4.69, 9.17) is 4.84 Å². The van der Waals surface area contributed by atoms with E-state index in [0.717, 1.165) is 26.2 Å². The molecule has 2 aliphatic rings. The van der Waals surface area contributed by atoms with E-state index >= 15 is 0 Å². The Labute approximate surface area is 130 Å². The number of nitrogens with one attached hydrogen (secondary N) is 1. The highest BCUT2D eigenvalue weighted by Gasteiger charge is 2.34. The summed E-state index contributed by atoms with van der Waals surface area (Å²) in [6.45, 7) is 4.48. The molecule has 22 heavy (non-hydrogen) atoms. The molecular formula is C16H21N3O3. The third-order valence-corrected chi connectivity index (χ3v) is 4.37. The number of hydroxylamine groups is 2. The molecule has 0 aliphatic carbocycles. The number of amides is 1. The van der Waals surface area contributed by atoms with E-state index in [1.54, 1.807) is 0 Å². The summed E-state index contributed by atoms with van der Waals surface area (Å²) in [5.41, 5.74) is 1.29. The Balaban J connectivity index is 1.65. The largest absolute Gasteiger partial charge is 0.342 e. The molecule has 1 aromatic rings. The smallest absolute Gasteiger partial charge is 0.320 e. The fraction of sp³-hybridized carbons (Fsp3) is 0.500. The summed E-state index contributed by atoms with van der Waals surface area (Å²) in [6.07, 6.45) is 0.444. The third-order valence-electron chi connectivity index (χ3n) is 4.37. The van der Waals surface area contributed by atoms with Gasteiger partial charge in [0.05, 0.1) is 6.54 Å². The van der Waals surface area contributed by atoms with Crippen LogP contribution in [0.4, 0.5) is 0 Å². The summed E-state index contributed by atoms with van der Waals surface area (Å²) < 4.78 is 0. The SMILES string of the molecule is O=CON1CC(CN2CCNCC2c2ccccc2)CC1=O. The number of nitrogens with zero attached hydrogens (tertiary/aromatic N) is 2. The van der Waals surface area contributed by atoms with Crippen molar-refractivity contribution in [1.82, 2.24) is 15.3 Å². The van der Waals surface area contributed by atoms with Crippen LogP contribution in [0, 0.1) is 5.92 Å². The molecule has 6 heteroatoms. The Morgan fingerprint density at radius 2 is 2.14 bits per heavy atom. The Morgan fingerprint density at radius 1 is 1.32 bits per heavy atom. The van der Waals surface area contributed by atoms with Gasteiger partial charge in [-0.05, 0) is 5.56 Å². The van der Waals surface area contributed by atoms with Crippen molar-refractivity contribution >= 4 is 12.4 Å². The molecule has 0 spiro atoms. The molecule has 118 valence electrons. The summed E-state index contributed by atoms with van der Waals surface area (Å²) in [6, 6.07) is 10.8. The Bertz CT molecular complexity index is 523. The molecule has 2 heterocycles. The van der Waals surface area contributed by atoms with Crippen LogP contribution >= 0.6 is 0 Å². The first-order valence-electron chi connectivity index (χ1n) is 7.68. The summed E-state index contributed by atoms with van der Waals surface area (Å²) >= 11 is 0. The van der Waals surface area contributed by atoms with Crippen molar-refractivity contribution in [3.05, 3.63) is 35.9 Å². The van der Waals surface area contributed by atoms with Crippen LogP contribution in [0.1, 0.15) is 18.0 Å². The fourth-order valence-electron chi connectivity index (χ4n) is 3.33. The number of hydrogen-bond donors (Lipinski definition) is 1. The molecule has 2 saturated heterocycles. The Kier molecular flexibility index (Phi) is 4.70. The van der Waals surface area contributed by atoms with E-state index in [2.05, 4.69) is 34.5 Å². The van der Waals surface area contributed by atoms with Crippen LogP contribution in [0.15, 0.2) is 30.3 Å². The van der Waals surface area contributed by atoms with Crippen LogP contribution in [0.25, 0.3) is 0 Å². The van der Waals surface area contributed by atoms with Crippen molar-refractivity contribution in [2.75, 3.05) is 32.7 Å². The van der Waals surface area contributed by atoms with Gasteiger partial charge < -0.3 is 10.2 Å². The molecule has 0 bridgehead atoms. The van der Waals surface area contributed by atoms with E-state index in [0.29, 0.717) is 25.5 Å². The minimum atomic E-state index is -0.108. The molecule has 0 saturated carbocycles. The molecule has 1 aromatic carbocycles. The summed E-state index contributed by atoms with van der Waals surface area (Å²) in [5, 5.41) is 4.61. The van der Waals surface area contributed by atoms with E-state index in [9.17, 15) is 9.59 Å². The maximum atomic E-state index is 11.8. The van der Waals surface area contributed by atoms with Gasteiger partial charge in [-0.3, -0.25) is 14.5 Å². The van der Waals surface area contributed by atoms with Gasteiger partial charge >= 0.3 is 6.47 Å². The average molecular weight is 303 g/mol. The van der Waals surface area contributed by atoms with Gasteiger partial charge in [0.25, 0.3) is 5.91 Å². The predicted molar refractivity (Wildman–Crippen MR) is 80.6 cm³/mol. The number of piperazine rings is 1. The Hall–Kier alpha value is -1.92. The maximum absolute atomic E-state index is 11.8. The van der Waals surface area contributed by atoms with Gasteiger partial charge in [-0.15, -0.1) is 0 Å². The first kappa shape index (κ1) is 15.0. The van der Waals surface area contributed by atoms with Crippen LogP contribution in [0.3, 0.4) is 0 Å². The second kappa shape index (κ2) is 6.89. The monoisotopic (exact) mass is 303 g/mol. The van der Waals surface area contributed by atoms with Crippen molar-refractivity contribution in [3.63, 3.8) is 0 Å². The number of carbonyl (C=O) groups excluding carboxylic acids is 2. The van der Waals surface area contributed by atoms with Gasteiger partial charge in [0.1, 0.15) is 0 Å². The minimum Gasteiger partial charge on any atom is -0.342 e. The first-order valence-corrected chi connectivity index (χ1v) is 7.68. The van der Waals surface area contributed by atoms with Crippen molar-refractivity contribution in [3.8, 4) is 0 Å². The molecule has 2 fully saturated rings. The van der Waals surface area contributed by atoms with Crippen molar-refractivity contribution in [1.29, 1.82) is 0 Å². The standard InChI is InChI=1S/C16H21N3O3/c20-12-22-19-11-13(8-16(19)21)10-18-7-6-17-9-15(18)14-4-2-1-3-5-14/h1-5,12-13,15,17H,6-11H2. The van der Waals surface area contributed by atoms with Crippen LogP contribution in [-0.2, 0) is 14.4 Å².